The van der Waals surface area contributed by atoms with Crippen molar-refractivity contribution >= 4 is 40.1 Å². The number of hydrogen-bond donors (Lipinski definition) is 2. The Balaban J connectivity index is 1.77. The lowest BCUT2D eigenvalue weighted by atomic mass is 9.83. The van der Waals surface area contributed by atoms with Crippen molar-refractivity contribution in [1.29, 1.82) is 0 Å². The van der Waals surface area contributed by atoms with Gasteiger partial charge in [-0.15, -0.1) is 11.3 Å². The molecule has 1 aliphatic rings. The predicted octanol–water partition coefficient (Wildman–Crippen LogP) is 4.62. The smallest absolute Gasteiger partial charge is 0.243 e. The zero-order chi connectivity index (χ0) is 23.1. The number of aliphatic imine (C=N–C) groups is 1. The van der Waals surface area contributed by atoms with Gasteiger partial charge in [-0.3, -0.25) is 14.6 Å². The molecule has 0 bridgehead atoms. The zero-order valence-electron chi connectivity index (χ0n) is 19.5. The van der Waals surface area contributed by atoms with Gasteiger partial charge in [-0.1, -0.05) is 46.1 Å². The molecule has 2 N–H and O–H groups in total. The summed E-state index contributed by atoms with van der Waals surface area (Å²) in [7, 11) is 0. The van der Waals surface area contributed by atoms with Gasteiger partial charge in [0, 0.05) is 12.8 Å². The summed E-state index contributed by atoms with van der Waals surface area (Å²) in [5.41, 5.74) is 2.21. The van der Waals surface area contributed by atoms with Crippen LogP contribution in [0.25, 0.3) is 10.2 Å². The van der Waals surface area contributed by atoms with E-state index >= 15 is 0 Å². The van der Waals surface area contributed by atoms with Crippen LogP contribution in [0.3, 0.4) is 0 Å². The molecule has 32 heavy (non-hydrogen) atoms. The van der Waals surface area contributed by atoms with E-state index in [0.717, 1.165) is 28.1 Å². The number of carbonyl (C=O) groups is 2. The lowest BCUT2D eigenvalue weighted by Gasteiger charge is -2.31. The third-order valence-electron chi connectivity index (χ3n) is 6.35. The Morgan fingerprint density at radius 1 is 1.22 bits per heavy atom. The number of thiazole rings is 1. The Hall–Kier alpha value is -2.28. The van der Waals surface area contributed by atoms with Crippen LogP contribution in [0, 0.1) is 5.92 Å². The van der Waals surface area contributed by atoms with Crippen LogP contribution in [0.15, 0.2) is 23.2 Å². The van der Waals surface area contributed by atoms with E-state index in [4.69, 9.17) is 4.98 Å². The highest BCUT2D eigenvalue weighted by atomic mass is 32.1. The molecule has 1 heterocycles. The van der Waals surface area contributed by atoms with E-state index < -0.39 is 6.04 Å². The second kappa shape index (κ2) is 11.5. The highest BCUT2D eigenvalue weighted by Crippen LogP contribution is 2.28. The van der Waals surface area contributed by atoms with Gasteiger partial charge in [0.2, 0.25) is 11.8 Å². The molecule has 2 aromatic rings. The van der Waals surface area contributed by atoms with E-state index in [0.29, 0.717) is 31.2 Å². The van der Waals surface area contributed by atoms with Gasteiger partial charge in [-0.05, 0) is 49.1 Å². The number of hydrogen-bond acceptors (Lipinski definition) is 5. The number of carbonyl (C=O) groups excluding carboxylic acids is 2. The summed E-state index contributed by atoms with van der Waals surface area (Å²) >= 11 is 1.60. The van der Waals surface area contributed by atoms with Crippen LogP contribution in [0.2, 0.25) is 0 Å². The molecule has 0 saturated heterocycles. The molecule has 0 spiro atoms. The van der Waals surface area contributed by atoms with Crippen LogP contribution in [0.1, 0.15) is 75.8 Å². The van der Waals surface area contributed by atoms with E-state index in [1.165, 1.54) is 24.8 Å². The summed E-state index contributed by atoms with van der Waals surface area (Å²) in [6, 6.07) is 5.64. The van der Waals surface area contributed by atoms with Crippen LogP contribution in [0.4, 0.5) is 0 Å². The minimum absolute atomic E-state index is 0.0368. The molecule has 1 unspecified atom stereocenters. The highest BCUT2D eigenvalue weighted by Gasteiger charge is 2.29. The molecule has 0 radical (unpaired) electrons. The maximum atomic E-state index is 13.3. The van der Waals surface area contributed by atoms with Gasteiger partial charge in [0.1, 0.15) is 6.04 Å². The number of benzene rings is 1. The molecule has 2 amide bonds. The van der Waals surface area contributed by atoms with E-state index in [1.807, 2.05) is 6.07 Å². The number of nitrogens with zero attached hydrogens (tertiary/aromatic N) is 2. The minimum atomic E-state index is -0.650. The van der Waals surface area contributed by atoms with Gasteiger partial charge in [-0.25, -0.2) is 4.98 Å². The second-order valence-electron chi connectivity index (χ2n) is 9.09. The Bertz CT molecular complexity index is 933. The molecule has 1 aliphatic carbocycles. The van der Waals surface area contributed by atoms with Crippen molar-refractivity contribution in [2.75, 3.05) is 6.54 Å². The maximum Gasteiger partial charge on any atom is 0.243 e. The van der Waals surface area contributed by atoms with Gasteiger partial charge in [0.05, 0.1) is 27.8 Å². The summed E-state index contributed by atoms with van der Waals surface area (Å²) in [5, 5.41) is 6.95. The molecular weight excluding hydrogens is 420 g/mol. The quantitative estimate of drug-likeness (QED) is 0.512. The topological polar surface area (TPSA) is 83.4 Å². The van der Waals surface area contributed by atoms with Crippen molar-refractivity contribution in [2.24, 2.45) is 10.9 Å². The Morgan fingerprint density at radius 2 is 1.97 bits per heavy atom. The fraction of sp³-hybridized carbons (Fsp3) is 0.600. The standard InChI is InChI=1S/C25H36N4O2S/c1-5-23(30)27-20(25(31)29-21(15-26-4)17-9-7-6-8-10-17)14-24-28-19-12-11-18(16(2)3)13-22(19)32-24/h11-13,16-17,20-21H,4-10,14-15H2,1-3H3,(H,27,30)(H,29,31)/t20-,21?/m0/s1. The predicted molar refractivity (Wildman–Crippen MR) is 133 cm³/mol. The van der Waals surface area contributed by atoms with E-state index in [1.54, 1.807) is 18.3 Å². The average Bonchev–Trinajstić information content (AvgIpc) is 3.20. The highest BCUT2D eigenvalue weighted by molar-refractivity contribution is 7.18. The molecule has 2 atom stereocenters. The van der Waals surface area contributed by atoms with Crippen molar-refractivity contribution in [2.45, 2.75) is 83.7 Å². The van der Waals surface area contributed by atoms with Crippen molar-refractivity contribution < 1.29 is 9.59 Å². The Labute approximate surface area is 195 Å². The molecule has 1 aromatic carbocycles. The maximum absolute atomic E-state index is 13.3. The number of amides is 2. The van der Waals surface area contributed by atoms with E-state index in [2.05, 4.69) is 48.3 Å². The van der Waals surface area contributed by atoms with Crippen LogP contribution in [-0.4, -0.2) is 42.1 Å². The summed E-state index contributed by atoms with van der Waals surface area (Å²) in [5.74, 6) is 0.567. The van der Waals surface area contributed by atoms with Gasteiger partial charge < -0.3 is 10.6 Å². The Morgan fingerprint density at radius 3 is 2.62 bits per heavy atom. The molecule has 3 rings (SSSR count). The minimum Gasteiger partial charge on any atom is -0.349 e. The molecule has 174 valence electrons. The molecule has 1 fully saturated rings. The second-order valence-corrected chi connectivity index (χ2v) is 10.2. The third kappa shape index (κ3) is 6.37. The molecule has 1 saturated carbocycles. The number of aromatic nitrogens is 1. The summed E-state index contributed by atoms with van der Waals surface area (Å²) in [4.78, 5) is 34.3. The fourth-order valence-corrected chi connectivity index (χ4v) is 5.45. The molecule has 6 nitrogen and oxygen atoms in total. The first-order chi connectivity index (χ1) is 15.4. The molecule has 0 aliphatic heterocycles. The summed E-state index contributed by atoms with van der Waals surface area (Å²) in [6.45, 7) is 10.3. The van der Waals surface area contributed by atoms with Gasteiger partial charge >= 0.3 is 0 Å². The zero-order valence-corrected chi connectivity index (χ0v) is 20.3. The van der Waals surface area contributed by atoms with Gasteiger partial charge in [0.15, 0.2) is 0 Å². The average molecular weight is 457 g/mol. The first kappa shape index (κ1) is 24.4. The van der Waals surface area contributed by atoms with Crippen molar-refractivity contribution in [1.82, 2.24) is 15.6 Å². The van der Waals surface area contributed by atoms with Crippen LogP contribution >= 0.6 is 11.3 Å². The molecule has 7 heteroatoms. The van der Waals surface area contributed by atoms with Crippen molar-refractivity contribution in [3.63, 3.8) is 0 Å². The largest absolute Gasteiger partial charge is 0.349 e. The number of fused-ring (bicyclic) bond motifs is 1. The summed E-state index contributed by atoms with van der Waals surface area (Å²) < 4.78 is 1.11. The van der Waals surface area contributed by atoms with E-state index in [-0.39, 0.29) is 17.9 Å². The lowest BCUT2D eigenvalue weighted by molar-refractivity contribution is -0.129. The van der Waals surface area contributed by atoms with Crippen LogP contribution in [0.5, 0.6) is 0 Å². The van der Waals surface area contributed by atoms with Crippen molar-refractivity contribution in [3.05, 3.63) is 28.8 Å². The third-order valence-corrected chi connectivity index (χ3v) is 7.39. The fourth-order valence-electron chi connectivity index (χ4n) is 4.39. The first-order valence-electron chi connectivity index (χ1n) is 11.8. The summed E-state index contributed by atoms with van der Waals surface area (Å²) in [6.07, 6.45) is 6.55. The number of rotatable bonds is 10. The molecule has 1 aromatic heterocycles. The normalized spacial score (nSPS) is 16.6. The number of nitrogens with one attached hydrogen (secondary N) is 2. The van der Waals surface area contributed by atoms with Crippen LogP contribution in [-0.2, 0) is 16.0 Å². The lowest BCUT2D eigenvalue weighted by Crippen LogP contribution is -2.53. The Kier molecular flexibility index (Phi) is 8.79. The van der Waals surface area contributed by atoms with Gasteiger partial charge in [-0.2, -0.15) is 0 Å². The van der Waals surface area contributed by atoms with Crippen molar-refractivity contribution in [3.8, 4) is 0 Å². The monoisotopic (exact) mass is 456 g/mol. The van der Waals surface area contributed by atoms with E-state index in [9.17, 15) is 9.59 Å². The SMILES string of the molecule is C=NCC(NC(=O)[C@H](Cc1nc2ccc(C(C)C)cc2s1)NC(=O)CC)C1CCCCC1. The molecular formula is C25H36N4O2S. The van der Waals surface area contributed by atoms with Crippen LogP contribution < -0.4 is 10.6 Å². The van der Waals surface area contributed by atoms with Gasteiger partial charge in [0.25, 0.3) is 0 Å². The first-order valence-corrected chi connectivity index (χ1v) is 12.6.